The van der Waals surface area contributed by atoms with E-state index >= 15 is 0 Å². The first-order valence-corrected chi connectivity index (χ1v) is 10.7. The smallest absolute Gasteiger partial charge is 0.163 e. The van der Waals surface area contributed by atoms with E-state index in [2.05, 4.69) is 9.97 Å². The van der Waals surface area contributed by atoms with Crippen LogP contribution in [0.15, 0.2) is 36.8 Å². The van der Waals surface area contributed by atoms with Gasteiger partial charge in [0.05, 0.1) is 30.2 Å². The Morgan fingerprint density at radius 2 is 2.03 bits per heavy atom. The minimum absolute atomic E-state index is 0.108. The van der Waals surface area contributed by atoms with Gasteiger partial charge in [0, 0.05) is 17.1 Å². The molecule has 5 rings (SSSR count). The quantitative estimate of drug-likeness (QED) is 0.566. The van der Waals surface area contributed by atoms with E-state index < -0.39 is 11.9 Å². The van der Waals surface area contributed by atoms with Gasteiger partial charge in [0.2, 0.25) is 0 Å². The number of aromatic nitrogens is 3. The van der Waals surface area contributed by atoms with E-state index in [4.69, 9.17) is 26.8 Å². The number of nitrogens with zero attached hydrogens (tertiary/aromatic N) is 3. The molecule has 1 aromatic carbocycles. The molecule has 1 saturated carbocycles. The fourth-order valence-electron chi connectivity index (χ4n) is 5.06. The number of ether oxygens (including phenoxy) is 2. The van der Waals surface area contributed by atoms with E-state index in [9.17, 15) is 10.2 Å². The highest BCUT2D eigenvalue weighted by molar-refractivity contribution is 6.30. The summed E-state index contributed by atoms with van der Waals surface area (Å²) in [6.45, 7) is 3.54. The van der Waals surface area contributed by atoms with Crippen LogP contribution >= 0.6 is 11.6 Å². The Hall–Kier alpha value is -2.23. The maximum atomic E-state index is 11.4. The van der Waals surface area contributed by atoms with E-state index in [0.717, 1.165) is 11.0 Å². The third-order valence-corrected chi connectivity index (χ3v) is 6.61. The van der Waals surface area contributed by atoms with E-state index in [0.29, 0.717) is 28.4 Å². The fourth-order valence-corrected chi connectivity index (χ4v) is 5.26. The van der Waals surface area contributed by atoms with Crippen molar-refractivity contribution in [3.05, 3.63) is 52.9 Å². The lowest BCUT2D eigenvalue weighted by atomic mass is 9.89. The molecule has 2 aliphatic rings. The highest BCUT2D eigenvalue weighted by Gasteiger charge is 2.56. The summed E-state index contributed by atoms with van der Waals surface area (Å²) in [6, 6.07) is 6.95. The van der Waals surface area contributed by atoms with E-state index in [1.807, 2.05) is 30.7 Å². The molecule has 5 atom stereocenters. The lowest BCUT2D eigenvalue weighted by Gasteiger charge is -2.27. The summed E-state index contributed by atoms with van der Waals surface area (Å²) in [5.74, 6) is -0.601. The molecule has 3 heterocycles. The number of aliphatic hydroxyl groups is 2. The highest BCUT2D eigenvalue weighted by Crippen LogP contribution is 2.51. The molecule has 1 unspecified atom stereocenters. The van der Waals surface area contributed by atoms with Crippen molar-refractivity contribution in [2.24, 2.45) is 5.92 Å². The molecule has 0 spiro atoms. The van der Waals surface area contributed by atoms with Gasteiger partial charge in [0.15, 0.2) is 5.79 Å². The molecule has 1 aliphatic carbocycles. The monoisotopic (exact) mass is 444 g/mol. The number of hydrogen-bond donors (Lipinski definition) is 3. The molecule has 164 valence electrons. The Morgan fingerprint density at radius 3 is 2.81 bits per heavy atom. The minimum Gasteiger partial charge on any atom is -0.392 e. The predicted molar refractivity (Wildman–Crippen MR) is 115 cm³/mol. The van der Waals surface area contributed by atoms with Crippen molar-refractivity contribution < 1.29 is 19.7 Å². The van der Waals surface area contributed by atoms with Gasteiger partial charge in [-0.3, -0.25) is 0 Å². The van der Waals surface area contributed by atoms with E-state index in [1.165, 1.54) is 6.33 Å². The molecule has 2 fully saturated rings. The van der Waals surface area contributed by atoms with Crippen molar-refractivity contribution in [1.82, 2.24) is 14.5 Å². The van der Waals surface area contributed by atoms with Crippen LogP contribution in [-0.4, -0.2) is 42.7 Å². The van der Waals surface area contributed by atoms with Crippen LogP contribution in [0.2, 0.25) is 5.02 Å². The molecule has 8 nitrogen and oxygen atoms in total. The first-order chi connectivity index (χ1) is 14.8. The van der Waals surface area contributed by atoms with Gasteiger partial charge in [-0.15, -0.1) is 0 Å². The number of nitrogens with two attached hydrogens (primary N) is 1. The summed E-state index contributed by atoms with van der Waals surface area (Å²) in [6.07, 6.45) is 2.54. The molecule has 0 amide bonds. The summed E-state index contributed by atoms with van der Waals surface area (Å²) in [7, 11) is 0. The molecule has 2 aromatic heterocycles. The molecule has 0 bridgehead atoms. The van der Waals surface area contributed by atoms with Crippen molar-refractivity contribution >= 4 is 28.5 Å². The Kier molecular flexibility index (Phi) is 4.95. The molecule has 9 heteroatoms. The van der Waals surface area contributed by atoms with Crippen molar-refractivity contribution in [2.45, 2.75) is 57.0 Å². The Morgan fingerprint density at radius 1 is 1.26 bits per heavy atom. The number of halogens is 1. The molecule has 0 radical (unpaired) electrons. The lowest BCUT2D eigenvalue weighted by molar-refractivity contribution is -0.165. The molecule has 1 aliphatic heterocycles. The summed E-state index contributed by atoms with van der Waals surface area (Å²) >= 11 is 6.08. The van der Waals surface area contributed by atoms with Gasteiger partial charge in [-0.2, -0.15) is 0 Å². The third kappa shape index (κ3) is 3.39. The highest BCUT2D eigenvalue weighted by atomic mass is 35.5. The summed E-state index contributed by atoms with van der Waals surface area (Å²) in [5, 5.41) is 22.5. The third-order valence-electron chi connectivity index (χ3n) is 6.38. The molecular formula is C22H25ClN4O4. The SMILES string of the molecule is CC1(C)O[C@@H]2[C@H](O1)[C@@H](C(O)c1ccc(Cl)cc1CO)C[C@H]2n1ccc2c(N)ncnc21. The second-order valence-corrected chi connectivity index (χ2v) is 9.13. The first kappa shape index (κ1) is 20.7. The first-order valence-electron chi connectivity index (χ1n) is 10.3. The molecular weight excluding hydrogens is 420 g/mol. The largest absolute Gasteiger partial charge is 0.392 e. The van der Waals surface area contributed by atoms with E-state index in [-0.39, 0.29) is 30.8 Å². The van der Waals surface area contributed by atoms with Crippen molar-refractivity contribution in [1.29, 1.82) is 0 Å². The molecule has 4 N–H and O–H groups in total. The predicted octanol–water partition coefficient (Wildman–Crippen LogP) is 2.97. The fraction of sp³-hybridized carbons (Fsp3) is 0.455. The minimum atomic E-state index is -0.851. The van der Waals surface area contributed by atoms with Gasteiger partial charge in [0.1, 0.15) is 23.9 Å². The van der Waals surface area contributed by atoms with Crippen molar-refractivity contribution in [2.75, 3.05) is 5.73 Å². The van der Waals surface area contributed by atoms with Crippen LogP contribution in [0, 0.1) is 5.92 Å². The standard InChI is InChI=1S/C22H25ClN4O4/c1-22(2)30-18-15(17(29)13-4-3-12(23)7-11(13)9-28)8-16(19(18)31-22)27-6-5-14-20(24)25-10-26-21(14)27/h3-7,10,15-19,28-29H,8-9H2,1-2H3,(H2,24,25,26)/t15-,16-,17?,18-,19+/m1/s1. The van der Waals surface area contributed by atoms with Gasteiger partial charge in [-0.05, 0) is 49.6 Å². The van der Waals surface area contributed by atoms with Crippen LogP contribution in [-0.2, 0) is 16.1 Å². The number of benzene rings is 1. The van der Waals surface area contributed by atoms with Gasteiger partial charge in [-0.25, -0.2) is 9.97 Å². The van der Waals surface area contributed by atoms with Gasteiger partial charge in [0.25, 0.3) is 0 Å². The Balaban J connectivity index is 1.55. The second-order valence-electron chi connectivity index (χ2n) is 8.70. The lowest BCUT2D eigenvalue weighted by Crippen LogP contribution is -2.29. The zero-order valence-corrected chi connectivity index (χ0v) is 18.0. The Bertz CT molecular complexity index is 1130. The van der Waals surface area contributed by atoms with Gasteiger partial charge in [-0.1, -0.05) is 17.7 Å². The number of aliphatic hydroxyl groups excluding tert-OH is 2. The average molecular weight is 445 g/mol. The summed E-state index contributed by atoms with van der Waals surface area (Å²) in [5.41, 5.74) is 7.99. The summed E-state index contributed by atoms with van der Waals surface area (Å²) < 4.78 is 14.6. The van der Waals surface area contributed by atoms with Crippen LogP contribution < -0.4 is 5.73 Å². The number of anilines is 1. The zero-order chi connectivity index (χ0) is 21.9. The molecule has 1 saturated heterocycles. The van der Waals surface area contributed by atoms with Crippen LogP contribution in [0.5, 0.6) is 0 Å². The maximum Gasteiger partial charge on any atom is 0.163 e. The van der Waals surface area contributed by atoms with Crippen molar-refractivity contribution in [3.8, 4) is 0 Å². The van der Waals surface area contributed by atoms with Crippen LogP contribution in [0.1, 0.15) is 43.5 Å². The van der Waals surface area contributed by atoms with Crippen molar-refractivity contribution in [3.63, 3.8) is 0 Å². The summed E-state index contributed by atoms with van der Waals surface area (Å²) in [4.78, 5) is 8.50. The van der Waals surface area contributed by atoms with Crippen LogP contribution in [0.3, 0.4) is 0 Å². The number of hydrogen-bond acceptors (Lipinski definition) is 7. The van der Waals surface area contributed by atoms with Crippen LogP contribution in [0.4, 0.5) is 5.82 Å². The van der Waals surface area contributed by atoms with Gasteiger partial charge >= 0.3 is 0 Å². The molecule has 31 heavy (non-hydrogen) atoms. The average Bonchev–Trinajstić information content (AvgIpc) is 3.38. The van der Waals surface area contributed by atoms with Crippen LogP contribution in [0.25, 0.3) is 11.0 Å². The topological polar surface area (TPSA) is 116 Å². The molecule has 3 aromatic rings. The zero-order valence-electron chi connectivity index (χ0n) is 17.3. The number of nitrogen functional groups attached to an aromatic ring is 1. The normalized spacial score (nSPS) is 28.2. The van der Waals surface area contributed by atoms with Gasteiger partial charge < -0.3 is 30.0 Å². The number of fused-ring (bicyclic) bond motifs is 2. The van der Waals surface area contributed by atoms with E-state index in [1.54, 1.807) is 18.2 Å². The Labute approximate surface area is 184 Å². The second kappa shape index (κ2) is 7.43. The number of rotatable bonds is 4. The maximum absolute atomic E-state index is 11.4.